The lowest BCUT2D eigenvalue weighted by Crippen LogP contribution is -2.41. The molecule has 0 saturated heterocycles. The van der Waals surface area contributed by atoms with E-state index in [4.69, 9.17) is 10.5 Å². The Balaban J connectivity index is 1.76. The van der Waals surface area contributed by atoms with E-state index in [0.29, 0.717) is 18.8 Å². The van der Waals surface area contributed by atoms with Crippen molar-refractivity contribution in [3.8, 4) is 0 Å². The standard InChI is InChI=1S/C15H17NO/c16-13-8-14(9-13)17-10-12-6-3-5-11-4-1-2-7-15(11)12/h1-7,13-14H,8-10,16H2. The number of nitrogens with two attached hydrogens (primary N) is 1. The van der Waals surface area contributed by atoms with Gasteiger partial charge >= 0.3 is 0 Å². The first-order valence-electron chi connectivity index (χ1n) is 6.17. The van der Waals surface area contributed by atoms with Crippen molar-refractivity contribution in [3.63, 3.8) is 0 Å². The molecule has 0 unspecified atom stereocenters. The first kappa shape index (κ1) is 10.8. The molecular formula is C15H17NO. The fraction of sp³-hybridized carbons (Fsp3) is 0.333. The average molecular weight is 227 g/mol. The number of hydrogen-bond donors (Lipinski definition) is 1. The van der Waals surface area contributed by atoms with Crippen molar-refractivity contribution in [2.75, 3.05) is 0 Å². The molecule has 0 spiro atoms. The Morgan fingerprint density at radius 1 is 1.06 bits per heavy atom. The molecule has 0 heterocycles. The van der Waals surface area contributed by atoms with Gasteiger partial charge in [0.05, 0.1) is 12.7 Å². The second kappa shape index (κ2) is 4.47. The molecule has 0 atom stereocenters. The van der Waals surface area contributed by atoms with Gasteiger partial charge in [-0.05, 0) is 29.2 Å². The third kappa shape index (κ3) is 2.19. The summed E-state index contributed by atoms with van der Waals surface area (Å²) in [5.74, 6) is 0. The van der Waals surface area contributed by atoms with E-state index in [1.165, 1.54) is 16.3 Å². The van der Waals surface area contributed by atoms with Crippen LogP contribution in [0.15, 0.2) is 42.5 Å². The van der Waals surface area contributed by atoms with Gasteiger partial charge in [-0.2, -0.15) is 0 Å². The van der Waals surface area contributed by atoms with Crippen LogP contribution in [0.25, 0.3) is 10.8 Å². The number of hydrogen-bond acceptors (Lipinski definition) is 2. The number of ether oxygens (including phenoxy) is 1. The highest BCUT2D eigenvalue weighted by molar-refractivity contribution is 5.85. The Bertz CT molecular complexity index is 512. The lowest BCUT2D eigenvalue weighted by atomic mass is 9.90. The third-order valence-electron chi connectivity index (χ3n) is 3.49. The van der Waals surface area contributed by atoms with Crippen LogP contribution in [0.1, 0.15) is 18.4 Å². The van der Waals surface area contributed by atoms with Gasteiger partial charge in [0.25, 0.3) is 0 Å². The van der Waals surface area contributed by atoms with E-state index in [9.17, 15) is 0 Å². The lowest BCUT2D eigenvalue weighted by Gasteiger charge is -2.32. The van der Waals surface area contributed by atoms with E-state index < -0.39 is 0 Å². The van der Waals surface area contributed by atoms with Crippen molar-refractivity contribution in [3.05, 3.63) is 48.0 Å². The topological polar surface area (TPSA) is 35.2 Å². The summed E-state index contributed by atoms with van der Waals surface area (Å²) in [6.45, 7) is 0.693. The number of rotatable bonds is 3. The third-order valence-corrected chi connectivity index (χ3v) is 3.49. The van der Waals surface area contributed by atoms with Gasteiger partial charge in [0.2, 0.25) is 0 Å². The van der Waals surface area contributed by atoms with Crippen LogP contribution in [0, 0.1) is 0 Å². The Labute approximate surface area is 101 Å². The zero-order chi connectivity index (χ0) is 11.7. The van der Waals surface area contributed by atoms with Crippen molar-refractivity contribution < 1.29 is 4.74 Å². The van der Waals surface area contributed by atoms with Crippen molar-refractivity contribution in [1.82, 2.24) is 0 Å². The first-order chi connectivity index (χ1) is 8.33. The molecule has 0 amide bonds. The summed E-state index contributed by atoms with van der Waals surface area (Å²) >= 11 is 0. The van der Waals surface area contributed by atoms with Crippen LogP contribution < -0.4 is 5.73 Å². The summed E-state index contributed by atoms with van der Waals surface area (Å²) in [5.41, 5.74) is 7.02. The molecule has 0 radical (unpaired) electrons. The van der Waals surface area contributed by atoms with E-state index in [1.807, 2.05) is 0 Å². The molecule has 1 aliphatic rings. The van der Waals surface area contributed by atoms with Gasteiger partial charge in [0, 0.05) is 6.04 Å². The minimum atomic E-state index is 0.354. The highest BCUT2D eigenvalue weighted by atomic mass is 16.5. The van der Waals surface area contributed by atoms with Gasteiger partial charge in [0.1, 0.15) is 0 Å². The fourth-order valence-electron chi connectivity index (χ4n) is 2.37. The maximum atomic E-state index is 5.86. The number of fused-ring (bicyclic) bond motifs is 1. The molecule has 1 saturated carbocycles. The molecule has 17 heavy (non-hydrogen) atoms. The molecule has 0 aromatic heterocycles. The van der Waals surface area contributed by atoms with Crippen LogP contribution in [0.2, 0.25) is 0 Å². The average Bonchev–Trinajstić information content (AvgIpc) is 2.33. The molecule has 2 nitrogen and oxygen atoms in total. The molecule has 1 fully saturated rings. The zero-order valence-corrected chi connectivity index (χ0v) is 9.80. The lowest BCUT2D eigenvalue weighted by molar-refractivity contribution is -0.0184. The van der Waals surface area contributed by atoms with Crippen LogP contribution in [0.4, 0.5) is 0 Å². The fourth-order valence-corrected chi connectivity index (χ4v) is 2.37. The number of benzene rings is 2. The predicted molar refractivity (Wildman–Crippen MR) is 69.7 cm³/mol. The molecule has 2 N–H and O–H groups in total. The molecule has 2 aromatic rings. The SMILES string of the molecule is NC1CC(OCc2cccc3ccccc23)C1. The Kier molecular flexibility index (Phi) is 2.83. The largest absolute Gasteiger partial charge is 0.373 e. The summed E-state index contributed by atoms with van der Waals surface area (Å²) < 4.78 is 5.86. The van der Waals surface area contributed by atoms with Crippen LogP contribution in [-0.4, -0.2) is 12.1 Å². The molecule has 0 aliphatic heterocycles. The minimum absolute atomic E-state index is 0.354. The van der Waals surface area contributed by atoms with Crippen LogP contribution in [0.3, 0.4) is 0 Å². The maximum absolute atomic E-state index is 5.86. The molecular weight excluding hydrogens is 210 g/mol. The van der Waals surface area contributed by atoms with Gasteiger partial charge < -0.3 is 10.5 Å². The van der Waals surface area contributed by atoms with Crippen molar-refractivity contribution in [2.45, 2.75) is 31.6 Å². The second-order valence-electron chi connectivity index (χ2n) is 4.80. The van der Waals surface area contributed by atoms with Crippen LogP contribution >= 0.6 is 0 Å². The normalized spacial score (nSPS) is 23.6. The van der Waals surface area contributed by atoms with Gasteiger partial charge in [-0.3, -0.25) is 0 Å². The molecule has 2 heteroatoms. The molecule has 0 bridgehead atoms. The zero-order valence-electron chi connectivity index (χ0n) is 9.80. The smallest absolute Gasteiger partial charge is 0.0726 e. The summed E-state index contributed by atoms with van der Waals surface area (Å²) in [6.07, 6.45) is 2.37. The maximum Gasteiger partial charge on any atom is 0.0726 e. The second-order valence-corrected chi connectivity index (χ2v) is 4.80. The highest BCUT2D eigenvalue weighted by Crippen LogP contribution is 2.24. The van der Waals surface area contributed by atoms with Gasteiger partial charge in [-0.15, -0.1) is 0 Å². The van der Waals surface area contributed by atoms with E-state index >= 15 is 0 Å². The van der Waals surface area contributed by atoms with Crippen molar-refractivity contribution >= 4 is 10.8 Å². The molecule has 88 valence electrons. The van der Waals surface area contributed by atoms with E-state index in [1.54, 1.807) is 0 Å². The quantitative estimate of drug-likeness (QED) is 0.875. The van der Waals surface area contributed by atoms with Crippen LogP contribution in [-0.2, 0) is 11.3 Å². The van der Waals surface area contributed by atoms with Gasteiger partial charge in [0.15, 0.2) is 0 Å². The van der Waals surface area contributed by atoms with Crippen molar-refractivity contribution in [1.29, 1.82) is 0 Å². The summed E-state index contributed by atoms with van der Waals surface area (Å²) in [6, 6.07) is 15.2. The Morgan fingerprint density at radius 3 is 2.65 bits per heavy atom. The van der Waals surface area contributed by atoms with E-state index in [2.05, 4.69) is 42.5 Å². The summed E-state index contributed by atoms with van der Waals surface area (Å²) in [5, 5.41) is 2.57. The molecule has 3 rings (SSSR count). The Hall–Kier alpha value is -1.38. The Morgan fingerprint density at radius 2 is 1.82 bits per heavy atom. The first-order valence-corrected chi connectivity index (χ1v) is 6.17. The van der Waals surface area contributed by atoms with Gasteiger partial charge in [-0.25, -0.2) is 0 Å². The monoisotopic (exact) mass is 227 g/mol. The van der Waals surface area contributed by atoms with Crippen molar-refractivity contribution in [2.24, 2.45) is 5.73 Å². The predicted octanol–water partition coefficient (Wildman–Crippen LogP) is 2.85. The minimum Gasteiger partial charge on any atom is -0.373 e. The van der Waals surface area contributed by atoms with Gasteiger partial charge in [-0.1, -0.05) is 42.5 Å². The molecule has 2 aromatic carbocycles. The van der Waals surface area contributed by atoms with E-state index in [0.717, 1.165) is 12.8 Å². The van der Waals surface area contributed by atoms with E-state index in [-0.39, 0.29) is 0 Å². The highest BCUT2D eigenvalue weighted by Gasteiger charge is 2.26. The van der Waals surface area contributed by atoms with Crippen LogP contribution in [0.5, 0.6) is 0 Å². The summed E-state index contributed by atoms with van der Waals surface area (Å²) in [4.78, 5) is 0. The molecule has 1 aliphatic carbocycles. The summed E-state index contributed by atoms with van der Waals surface area (Å²) in [7, 11) is 0.